The number of nitrogens with two attached hydrogens (primary N) is 1. The van der Waals surface area contributed by atoms with Gasteiger partial charge >= 0.3 is 0 Å². The van der Waals surface area contributed by atoms with Crippen LogP contribution in [0.15, 0.2) is 46.9 Å². The smallest absolute Gasteiger partial charge is 0.229 e. The van der Waals surface area contributed by atoms with Crippen LogP contribution < -0.4 is 5.73 Å². The number of nitrogens with zero attached hydrogens (tertiary/aromatic N) is 1. The molecule has 0 saturated carbocycles. The number of ether oxygens (including phenoxy) is 1. The number of halogens is 1. The van der Waals surface area contributed by atoms with Gasteiger partial charge in [-0.3, -0.25) is 0 Å². The van der Waals surface area contributed by atoms with Crippen LogP contribution in [0, 0.1) is 0 Å². The number of nitrogen functional groups attached to an aromatic ring is 1. The lowest BCUT2D eigenvalue weighted by atomic mass is 10.1. The van der Waals surface area contributed by atoms with Gasteiger partial charge in [0, 0.05) is 13.2 Å². The van der Waals surface area contributed by atoms with Gasteiger partial charge in [0.2, 0.25) is 5.89 Å². The highest BCUT2D eigenvalue weighted by molar-refractivity contribution is 6.33. The number of methoxy groups -OCH3 is 1. The molecule has 0 spiro atoms. The summed E-state index contributed by atoms with van der Waals surface area (Å²) >= 11 is 5.99. The molecule has 0 saturated heterocycles. The molecule has 1 unspecified atom stereocenters. The maximum Gasteiger partial charge on any atom is 0.229 e. The normalized spacial score (nSPS) is 12.7. The number of oxazole rings is 1. The molecule has 102 valence electrons. The first-order chi connectivity index (χ1) is 9.69. The Morgan fingerprint density at radius 2 is 2.00 bits per heavy atom. The third-order valence-corrected chi connectivity index (χ3v) is 3.41. The van der Waals surface area contributed by atoms with Crippen LogP contribution in [0.1, 0.15) is 17.6 Å². The zero-order valence-corrected chi connectivity index (χ0v) is 11.6. The van der Waals surface area contributed by atoms with Crippen molar-refractivity contribution >= 4 is 28.4 Å². The zero-order chi connectivity index (χ0) is 14.1. The van der Waals surface area contributed by atoms with Gasteiger partial charge < -0.3 is 14.9 Å². The van der Waals surface area contributed by atoms with E-state index in [1.165, 1.54) is 0 Å². The predicted molar refractivity (Wildman–Crippen MR) is 78.7 cm³/mol. The highest BCUT2D eigenvalue weighted by Crippen LogP contribution is 2.31. The van der Waals surface area contributed by atoms with Gasteiger partial charge in [0.1, 0.15) is 5.52 Å². The Morgan fingerprint density at radius 1 is 1.25 bits per heavy atom. The van der Waals surface area contributed by atoms with E-state index >= 15 is 0 Å². The maximum atomic E-state index is 5.99. The largest absolute Gasteiger partial charge is 0.437 e. The maximum absolute atomic E-state index is 5.99. The van der Waals surface area contributed by atoms with Gasteiger partial charge in [0.25, 0.3) is 0 Å². The molecule has 2 N–H and O–H groups in total. The van der Waals surface area contributed by atoms with Gasteiger partial charge in [-0.05, 0) is 11.6 Å². The molecule has 0 aliphatic heterocycles. The molecule has 20 heavy (non-hydrogen) atoms. The van der Waals surface area contributed by atoms with Crippen molar-refractivity contribution in [1.82, 2.24) is 4.98 Å². The van der Waals surface area contributed by atoms with E-state index in [9.17, 15) is 0 Å². The van der Waals surface area contributed by atoms with Crippen molar-refractivity contribution in [3.05, 3.63) is 58.9 Å². The van der Waals surface area contributed by atoms with Crippen LogP contribution in [0.5, 0.6) is 0 Å². The standard InChI is InChI=1S/C15H13ClN2O2/c1-19-14(9-5-3-2-4-6-9)15-18-12-7-10(16)11(17)8-13(12)20-15/h2-8,14H,17H2,1H3. The van der Waals surface area contributed by atoms with Crippen molar-refractivity contribution in [3.8, 4) is 0 Å². The highest BCUT2D eigenvalue weighted by atomic mass is 35.5. The second-order valence-corrected chi connectivity index (χ2v) is 4.83. The van der Waals surface area contributed by atoms with Gasteiger partial charge in [-0.2, -0.15) is 0 Å². The molecular weight excluding hydrogens is 276 g/mol. The van der Waals surface area contributed by atoms with Crippen LogP contribution in [0.3, 0.4) is 0 Å². The zero-order valence-electron chi connectivity index (χ0n) is 10.8. The van der Waals surface area contributed by atoms with E-state index in [1.54, 1.807) is 19.2 Å². The van der Waals surface area contributed by atoms with Gasteiger partial charge in [-0.15, -0.1) is 0 Å². The Labute approximate surface area is 121 Å². The molecular formula is C15H13ClN2O2. The van der Waals surface area contributed by atoms with Gasteiger partial charge in [0.15, 0.2) is 11.7 Å². The molecule has 0 bridgehead atoms. The van der Waals surface area contributed by atoms with E-state index in [1.807, 2.05) is 30.3 Å². The number of anilines is 1. The highest BCUT2D eigenvalue weighted by Gasteiger charge is 2.20. The lowest BCUT2D eigenvalue weighted by Gasteiger charge is -2.11. The lowest BCUT2D eigenvalue weighted by Crippen LogP contribution is -2.03. The molecule has 3 rings (SSSR count). The molecule has 1 heterocycles. The number of aromatic nitrogens is 1. The minimum atomic E-state index is -0.358. The Bertz CT molecular complexity index is 701. The minimum Gasteiger partial charge on any atom is -0.437 e. The topological polar surface area (TPSA) is 61.3 Å². The van der Waals surface area contributed by atoms with E-state index in [0.29, 0.717) is 27.7 Å². The first kappa shape index (κ1) is 13.0. The number of hydrogen-bond donors (Lipinski definition) is 1. The average Bonchev–Trinajstić information content (AvgIpc) is 2.84. The van der Waals surface area contributed by atoms with Crippen LogP contribution in [0.2, 0.25) is 5.02 Å². The van der Waals surface area contributed by atoms with Crippen molar-refractivity contribution in [1.29, 1.82) is 0 Å². The molecule has 0 aliphatic carbocycles. The molecule has 2 aromatic carbocycles. The fraction of sp³-hybridized carbons (Fsp3) is 0.133. The lowest BCUT2D eigenvalue weighted by molar-refractivity contribution is 0.113. The van der Waals surface area contributed by atoms with E-state index in [2.05, 4.69) is 4.98 Å². The number of fused-ring (bicyclic) bond motifs is 1. The van der Waals surface area contributed by atoms with Crippen LogP contribution in [0.25, 0.3) is 11.1 Å². The Morgan fingerprint density at radius 3 is 2.70 bits per heavy atom. The molecule has 0 radical (unpaired) electrons. The molecule has 0 amide bonds. The summed E-state index contributed by atoms with van der Waals surface area (Å²) in [6.07, 6.45) is -0.358. The Kier molecular flexibility index (Phi) is 3.34. The van der Waals surface area contributed by atoms with Crippen molar-refractivity contribution < 1.29 is 9.15 Å². The summed E-state index contributed by atoms with van der Waals surface area (Å²) in [5.74, 6) is 0.482. The van der Waals surface area contributed by atoms with Crippen molar-refractivity contribution in [2.75, 3.05) is 12.8 Å². The average molecular weight is 289 g/mol. The van der Waals surface area contributed by atoms with Crippen molar-refractivity contribution in [2.45, 2.75) is 6.10 Å². The number of rotatable bonds is 3. The predicted octanol–water partition coefficient (Wildman–Crippen LogP) is 3.80. The monoisotopic (exact) mass is 288 g/mol. The van der Waals surface area contributed by atoms with E-state index in [4.69, 9.17) is 26.5 Å². The summed E-state index contributed by atoms with van der Waals surface area (Å²) in [6, 6.07) is 13.1. The molecule has 5 heteroatoms. The van der Waals surface area contributed by atoms with E-state index in [-0.39, 0.29) is 6.10 Å². The molecule has 1 aromatic heterocycles. The summed E-state index contributed by atoms with van der Waals surface area (Å²) in [7, 11) is 1.62. The van der Waals surface area contributed by atoms with Crippen LogP contribution in [-0.4, -0.2) is 12.1 Å². The summed E-state index contributed by atoms with van der Waals surface area (Å²) in [6.45, 7) is 0. The molecule has 3 aromatic rings. The van der Waals surface area contributed by atoms with E-state index in [0.717, 1.165) is 5.56 Å². The third-order valence-electron chi connectivity index (χ3n) is 3.09. The Balaban J connectivity index is 2.09. The summed E-state index contributed by atoms with van der Waals surface area (Å²) in [5.41, 5.74) is 8.47. The summed E-state index contributed by atoms with van der Waals surface area (Å²) in [4.78, 5) is 4.43. The molecule has 0 fully saturated rings. The van der Waals surface area contributed by atoms with Crippen LogP contribution >= 0.6 is 11.6 Å². The van der Waals surface area contributed by atoms with Crippen molar-refractivity contribution in [2.24, 2.45) is 0 Å². The number of hydrogen-bond acceptors (Lipinski definition) is 4. The SMILES string of the molecule is COC(c1ccccc1)c1nc2cc(Cl)c(N)cc2o1. The van der Waals surface area contributed by atoms with Crippen LogP contribution in [0.4, 0.5) is 5.69 Å². The molecule has 0 aliphatic rings. The van der Waals surface area contributed by atoms with Crippen LogP contribution in [-0.2, 0) is 4.74 Å². The Hall–Kier alpha value is -2.04. The van der Waals surface area contributed by atoms with Gasteiger partial charge in [0.05, 0.1) is 10.7 Å². The molecule has 1 atom stereocenters. The van der Waals surface area contributed by atoms with Gasteiger partial charge in [-0.25, -0.2) is 4.98 Å². The molecule has 4 nitrogen and oxygen atoms in total. The van der Waals surface area contributed by atoms with Crippen molar-refractivity contribution in [3.63, 3.8) is 0 Å². The summed E-state index contributed by atoms with van der Waals surface area (Å²) < 4.78 is 11.2. The first-order valence-corrected chi connectivity index (χ1v) is 6.50. The fourth-order valence-corrected chi connectivity index (χ4v) is 2.26. The van der Waals surface area contributed by atoms with E-state index < -0.39 is 0 Å². The third kappa shape index (κ3) is 2.24. The second-order valence-electron chi connectivity index (χ2n) is 4.42. The van der Waals surface area contributed by atoms with Gasteiger partial charge in [-0.1, -0.05) is 41.9 Å². The second kappa shape index (κ2) is 5.15. The first-order valence-electron chi connectivity index (χ1n) is 6.12. The summed E-state index contributed by atoms with van der Waals surface area (Å²) in [5, 5.41) is 0.464. The number of benzene rings is 2. The fourth-order valence-electron chi connectivity index (χ4n) is 2.10. The quantitative estimate of drug-likeness (QED) is 0.745. The minimum absolute atomic E-state index is 0.358.